The van der Waals surface area contributed by atoms with Crippen molar-refractivity contribution < 1.29 is 18.0 Å². The smallest absolute Gasteiger partial charge is 0.350 e. The molecular weight excluding hydrogens is 359 g/mol. The Labute approximate surface area is 155 Å². The molecule has 0 aliphatic carbocycles. The molecule has 0 spiro atoms. The summed E-state index contributed by atoms with van der Waals surface area (Å²) >= 11 is 0. The van der Waals surface area contributed by atoms with E-state index in [1.54, 1.807) is 4.68 Å². The summed E-state index contributed by atoms with van der Waals surface area (Å²) in [4.78, 5) is 13.6. The normalized spacial score (nSPS) is 16.9. The Morgan fingerprint density at radius 3 is 2.59 bits per heavy atom. The number of aromatic nitrogens is 2. The quantitative estimate of drug-likeness (QED) is 0.796. The van der Waals surface area contributed by atoms with E-state index in [4.69, 9.17) is 0 Å². The third-order valence-electron chi connectivity index (χ3n) is 4.51. The summed E-state index contributed by atoms with van der Waals surface area (Å²) in [5.74, 6) is -0.557. The van der Waals surface area contributed by atoms with Gasteiger partial charge < -0.3 is 10.6 Å². The fraction of sp³-hybridized carbons (Fsp3) is 0.444. The third-order valence-corrected chi connectivity index (χ3v) is 4.51. The number of rotatable bonds is 6. The maximum Gasteiger partial charge on any atom is 0.405 e. The fourth-order valence-electron chi connectivity index (χ4n) is 3.07. The minimum Gasteiger partial charge on any atom is -0.350 e. The topological polar surface area (TPSA) is 62.2 Å². The highest BCUT2D eigenvalue weighted by molar-refractivity contribution is 5.93. The van der Waals surface area contributed by atoms with Gasteiger partial charge in [0.1, 0.15) is 6.04 Å². The standard InChI is InChI=1S/C18H22F3N5O/c19-18(20,21)16(25-8-6-22-7-9-25)11-23-17(27)15-10-24-26(13-15)12-14-4-2-1-3-5-14/h1-5,10,13,16,22H,6-9,11-12H2,(H,23,27). The van der Waals surface area contributed by atoms with Crippen LogP contribution in [-0.4, -0.2) is 65.5 Å². The lowest BCUT2D eigenvalue weighted by Gasteiger charge is -2.35. The van der Waals surface area contributed by atoms with E-state index < -0.39 is 24.7 Å². The predicted octanol–water partition coefficient (Wildman–Crippen LogP) is 1.50. The molecule has 2 N–H and O–H groups in total. The third kappa shape index (κ3) is 5.30. The number of nitrogens with zero attached hydrogens (tertiary/aromatic N) is 3. The molecule has 1 aliphatic heterocycles. The predicted molar refractivity (Wildman–Crippen MR) is 94.4 cm³/mol. The van der Waals surface area contributed by atoms with Crippen molar-refractivity contribution in [2.24, 2.45) is 0 Å². The zero-order chi connectivity index (χ0) is 19.3. The highest BCUT2D eigenvalue weighted by Crippen LogP contribution is 2.24. The van der Waals surface area contributed by atoms with Crippen LogP contribution in [-0.2, 0) is 6.54 Å². The second kappa shape index (κ2) is 8.53. The number of hydrogen-bond acceptors (Lipinski definition) is 4. The van der Waals surface area contributed by atoms with Crippen molar-refractivity contribution in [3.05, 3.63) is 53.9 Å². The van der Waals surface area contributed by atoms with Gasteiger partial charge in [-0.3, -0.25) is 14.4 Å². The number of carbonyl (C=O) groups is 1. The molecular formula is C18H22F3N5O. The summed E-state index contributed by atoms with van der Waals surface area (Å²) < 4.78 is 41.7. The Morgan fingerprint density at radius 1 is 1.22 bits per heavy atom. The summed E-state index contributed by atoms with van der Waals surface area (Å²) in [5.41, 5.74) is 1.26. The molecule has 9 heteroatoms. The van der Waals surface area contributed by atoms with E-state index in [9.17, 15) is 18.0 Å². The highest BCUT2D eigenvalue weighted by atomic mass is 19.4. The first kappa shape index (κ1) is 19.4. The number of halogens is 3. The van der Waals surface area contributed by atoms with Gasteiger partial charge in [-0.1, -0.05) is 30.3 Å². The van der Waals surface area contributed by atoms with Gasteiger partial charge in [0.25, 0.3) is 5.91 Å². The first-order valence-corrected chi connectivity index (χ1v) is 8.79. The van der Waals surface area contributed by atoms with Gasteiger partial charge in [-0.25, -0.2) is 0 Å². The molecule has 1 unspecified atom stereocenters. The van der Waals surface area contributed by atoms with Crippen LogP contribution in [0.25, 0.3) is 0 Å². The molecule has 6 nitrogen and oxygen atoms in total. The maximum absolute atomic E-state index is 13.4. The van der Waals surface area contributed by atoms with E-state index in [-0.39, 0.29) is 5.56 Å². The van der Waals surface area contributed by atoms with Crippen LogP contribution in [0.3, 0.4) is 0 Å². The SMILES string of the molecule is O=C(NCC(N1CCNCC1)C(F)(F)F)c1cnn(Cc2ccccc2)c1. The summed E-state index contributed by atoms with van der Waals surface area (Å²) in [6.07, 6.45) is -1.50. The monoisotopic (exact) mass is 381 g/mol. The van der Waals surface area contributed by atoms with Crippen LogP contribution in [0.5, 0.6) is 0 Å². The number of piperazine rings is 1. The number of hydrogen-bond donors (Lipinski definition) is 2. The lowest BCUT2D eigenvalue weighted by atomic mass is 10.2. The van der Waals surface area contributed by atoms with Gasteiger partial charge in [0.15, 0.2) is 0 Å². The number of carbonyl (C=O) groups excluding carboxylic acids is 1. The van der Waals surface area contributed by atoms with Crippen molar-refractivity contribution in [3.8, 4) is 0 Å². The van der Waals surface area contributed by atoms with Gasteiger partial charge in [0.2, 0.25) is 0 Å². The van der Waals surface area contributed by atoms with Crippen molar-refractivity contribution in [3.63, 3.8) is 0 Å². The molecule has 27 heavy (non-hydrogen) atoms. The van der Waals surface area contributed by atoms with Crippen LogP contribution in [0.1, 0.15) is 15.9 Å². The van der Waals surface area contributed by atoms with Crippen LogP contribution in [0.4, 0.5) is 13.2 Å². The lowest BCUT2D eigenvalue weighted by molar-refractivity contribution is -0.183. The van der Waals surface area contributed by atoms with Gasteiger partial charge in [-0.15, -0.1) is 0 Å². The Bertz CT molecular complexity index is 741. The number of alkyl halides is 3. The van der Waals surface area contributed by atoms with Crippen LogP contribution < -0.4 is 10.6 Å². The van der Waals surface area contributed by atoms with Crippen molar-refractivity contribution >= 4 is 5.91 Å². The van der Waals surface area contributed by atoms with Crippen LogP contribution in [0.2, 0.25) is 0 Å². The van der Waals surface area contributed by atoms with Gasteiger partial charge in [-0.05, 0) is 5.56 Å². The molecule has 0 bridgehead atoms. The maximum atomic E-state index is 13.4. The molecule has 2 aromatic rings. The van der Waals surface area contributed by atoms with E-state index in [0.29, 0.717) is 32.7 Å². The van der Waals surface area contributed by atoms with E-state index in [1.807, 2.05) is 30.3 Å². The summed E-state index contributed by atoms with van der Waals surface area (Å²) in [5, 5.41) is 9.55. The van der Waals surface area contributed by atoms with Gasteiger partial charge in [0.05, 0.1) is 18.3 Å². The summed E-state index contributed by atoms with van der Waals surface area (Å²) in [6, 6.07) is 7.88. The van der Waals surface area contributed by atoms with Crippen molar-refractivity contribution in [1.29, 1.82) is 0 Å². The molecule has 1 saturated heterocycles. The molecule has 0 saturated carbocycles. The molecule has 1 aromatic heterocycles. The Hall–Kier alpha value is -2.39. The second-order valence-corrected chi connectivity index (χ2v) is 6.47. The van der Waals surface area contributed by atoms with Crippen molar-refractivity contribution in [2.45, 2.75) is 18.8 Å². The zero-order valence-electron chi connectivity index (χ0n) is 14.7. The van der Waals surface area contributed by atoms with E-state index in [1.165, 1.54) is 17.3 Å². The molecule has 1 amide bonds. The number of amides is 1. The Kier molecular flexibility index (Phi) is 6.12. The highest BCUT2D eigenvalue weighted by Gasteiger charge is 2.43. The molecule has 1 fully saturated rings. The van der Waals surface area contributed by atoms with Crippen LogP contribution >= 0.6 is 0 Å². The largest absolute Gasteiger partial charge is 0.405 e. The average molecular weight is 381 g/mol. The summed E-state index contributed by atoms with van der Waals surface area (Å²) in [6.45, 7) is 1.62. The molecule has 0 radical (unpaired) electrons. The molecule has 2 heterocycles. The minimum atomic E-state index is -4.40. The average Bonchev–Trinajstić information content (AvgIpc) is 3.11. The lowest BCUT2D eigenvalue weighted by Crippen LogP contribution is -2.57. The summed E-state index contributed by atoms with van der Waals surface area (Å²) in [7, 11) is 0. The molecule has 1 aromatic carbocycles. The van der Waals surface area contributed by atoms with Crippen molar-refractivity contribution in [2.75, 3.05) is 32.7 Å². The van der Waals surface area contributed by atoms with Crippen LogP contribution in [0.15, 0.2) is 42.7 Å². The minimum absolute atomic E-state index is 0.243. The Balaban J connectivity index is 1.59. The molecule has 1 atom stereocenters. The second-order valence-electron chi connectivity index (χ2n) is 6.47. The van der Waals surface area contributed by atoms with Crippen molar-refractivity contribution in [1.82, 2.24) is 25.3 Å². The zero-order valence-corrected chi connectivity index (χ0v) is 14.7. The van der Waals surface area contributed by atoms with E-state index >= 15 is 0 Å². The number of benzene rings is 1. The van der Waals surface area contributed by atoms with Gasteiger partial charge in [-0.2, -0.15) is 18.3 Å². The van der Waals surface area contributed by atoms with Gasteiger partial charge in [0, 0.05) is 38.9 Å². The van der Waals surface area contributed by atoms with E-state index in [2.05, 4.69) is 15.7 Å². The molecule has 1 aliphatic rings. The Morgan fingerprint density at radius 2 is 1.93 bits per heavy atom. The van der Waals surface area contributed by atoms with Gasteiger partial charge >= 0.3 is 6.18 Å². The fourth-order valence-corrected chi connectivity index (χ4v) is 3.07. The first-order chi connectivity index (χ1) is 12.9. The molecule has 146 valence electrons. The van der Waals surface area contributed by atoms with Crippen LogP contribution in [0, 0.1) is 0 Å². The molecule has 3 rings (SSSR count). The first-order valence-electron chi connectivity index (χ1n) is 8.79. The number of nitrogens with one attached hydrogen (secondary N) is 2. The van der Waals surface area contributed by atoms with E-state index in [0.717, 1.165) is 5.56 Å².